The molecule has 1 amide bonds. The van der Waals surface area contributed by atoms with Crippen LogP contribution < -0.4 is 10.9 Å². The molecule has 96 valence electrons. The fourth-order valence-corrected chi connectivity index (χ4v) is 2.59. The Hall–Kier alpha value is -1.89. The number of H-pyrrole nitrogens is 1. The molecule has 0 saturated carbocycles. The second-order valence-electron chi connectivity index (χ2n) is 3.95. The second-order valence-corrected chi connectivity index (χ2v) is 5.35. The van der Waals surface area contributed by atoms with Gasteiger partial charge in [0.05, 0.1) is 22.8 Å². The van der Waals surface area contributed by atoms with Crippen molar-refractivity contribution in [3.05, 3.63) is 37.8 Å². The first kappa shape index (κ1) is 12.6. The number of aryl methyl sites for hydroxylation is 2. The van der Waals surface area contributed by atoms with Crippen LogP contribution in [0.2, 0.25) is 0 Å². The van der Waals surface area contributed by atoms with E-state index in [-0.39, 0.29) is 11.8 Å². The van der Waals surface area contributed by atoms with E-state index in [0.717, 1.165) is 21.6 Å². The SMILES string of the molecule is Cc1nc([C@H](C)NC(=O)c2cc(=O)[nH]o2)c(C)s1. The van der Waals surface area contributed by atoms with Crippen LogP contribution in [0.1, 0.15) is 39.1 Å². The lowest BCUT2D eigenvalue weighted by Gasteiger charge is -2.11. The molecule has 2 aromatic heterocycles. The number of nitrogens with zero attached hydrogens (tertiary/aromatic N) is 1. The lowest BCUT2D eigenvalue weighted by atomic mass is 10.2. The Labute approximate surface area is 107 Å². The van der Waals surface area contributed by atoms with E-state index in [1.807, 2.05) is 20.8 Å². The Morgan fingerprint density at radius 1 is 1.56 bits per heavy atom. The average molecular weight is 267 g/mol. The third-order valence-corrected chi connectivity index (χ3v) is 3.35. The van der Waals surface area contributed by atoms with Gasteiger partial charge in [0.1, 0.15) is 0 Å². The number of amides is 1. The van der Waals surface area contributed by atoms with Crippen molar-refractivity contribution in [3.8, 4) is 0 Å². The summed E-state index contributed by atoms with van der Waals surface area (Å²) >= 11 is 1.58. The summed E-state index contributed by atoms with van der Waals surface area (Å²) in [6.07, 6.45) is 0. The van der Waals surface area contributed by atoms with Crippen LogP contribution >= 0.6 is 11.3 Å². The van der Waals surface area contributed by atoms with Crippen LogP contribution in [-0.4, -0.2) is 16.0 Å². The predicted octanol–water partition coefficient (Wildman–Crippen LogP) is 1.53. The highest BCUT2D eigenvalue weighted by atomic mass is 32.1. The molecule has 2 rings (SSSR count). The lowest BCUT2D eigenvalue weighted by molar-refractivity contribution is 0.0901. The molecular formula is C11H13N3O3S. The van der Waals surface area contributed by atoms with Crippen LogP contribution in [0.25, 0.3) is 0 Å². The highest BCUT2D eigenvalue weighted by Gasteiger charge is 2.18. The smallest absolute Gasteiger partial charge is 0.290 e. The summed E-state index contributed by atoms with van der Waals surface area (Å²) in [5.74, 6) is -0.470. The molecular weight excluding hydrogens is 254 g/mol. The number of hydrogen-bond acceptors (Lipinski definition) is 5. The maximum Gasteiger partial charge on any atom is 0.290 e. The number of rotatable bonds is 3. The van der Waals surface area contributed by atoms with E-state index < -0.39 is 11.5 Å². The summed E-state index contributed by atoms with van der Waals surface area (Å²) in [4.78, 5) is 28.1. The molecule has 0 fully saturated rings. The Balaban J connectivity index is 2.12. The maximum absolute atomic E-state index is 11.8. The molecule has 0 aliphatic heterocycles. The summed E-state index contributed by atoms with van der Waals surface area (Å²) in [5, 5.41) is 5.76. The van der Waals surface area contributed by atoms with E-state index in [9.17, 15) is 9.59 Å². The molecule has 0 bridgehead atoms. The Bertz CT molecular complexity index is 626. The molecule has 1 atom stereocenters. The number of hydrogen-bond donors (Lipinski definition) is 2. The van der Waals surface area contributed by atoms with Gasteiger partial charge in [-0.25, -0.2) is 4.98 Å². The quantitative estimate of drug-likeness (QED) is 0.882. The minimum absolute atomic E-state index is 0.0311. The van der Waals surface area contributed by atoms with Gasteiger partial charge in [-0.1, -0.05) is 0 Å². The summed E-state index contributed by atoms with van der Waals surface area (Å²) < 4.78 is 4.73. The molecule has 6 nitrogen and oxygen atoms in total. The molecule has 0 spiro atoms. The van der Waals surface area contributed by atoms with Crippen LogP contribution in [0.3, 0.4) is 0 Å². The van der Waals surface area contributed by atoms with Gasteiger partial charge >= 0.3 is 0 Å². The third kappa shape index (κ3) is 2.51. The molecule has 0 saturated heterocycles. The zero-order valence-corrected chi connectivity index (χ0v) is 11.1. The van der Waals surface area contributed by atoms with Crippen molar-refractivity contribution >= 4 is 17.2 Å². The first-order valence-corrected chi connectivity index (χ1v) is 6.22. The van der Waals surface area contributed by atoms with Gasteiger partial charge in [0, 0.05) is 4.88 Å². The van der Waals surface area contributed by atoms with Gasteiger partial charge in [-0.15, -0.1) is 11.3 Å². The topological polar surface area (TPSA) is 88.0 Å². The van der Waals surface area contributed by atoms with Gasteiger partial charge < -0.3 is 9.84 Å². The van der Waals surface area contributed by atoms with Gasteiger partial charge in [0.2, 0.25) is 5.76 Å². The Morgan fingerprint density at radius 3 is 2.78 bits per heavy atom. The second kappa shape index (κ2) is 4.77. The van der Waals surface area contributed by atoms with E-state index in [2.05, 4.69) is 15.5 Å². The van der Waals surface area contributed by atoms with E-state index in [0.29, 0.717) is 0 Å². The largest absolute Gasteiger partial charge is 0.373 e. The number of aromatic amines is 1. The van der Waals surface area contributed by atoms with Crippen molar-refractivity contribution in [2.75, 3.05) is 0 Å². The zero-order chi connectivity index (χ0) is 13.3. The monoisotopic (exact) mass is 267 g/mol. The molecule has 2 N–H and O–H groups in total. The molecule has 18 heavy (non-hydrogen) atoms. The predicted molar refractivity (Wildman–Crippen MR) is 66.8 cm³/mol. The van der Waals surface area contributed by atoms with Crippen LogP contribution in [-0.2, 0) is 0 Å². The zero-order valence-electron chi connectivity index (χ0n) is 10.2. The number of carbonyl (C=O) groups is 1. The fourth-order valence-electron chi connectivity index (χ4n) is 1.68. The fraction of sp³-hybridized carbons (Fsp3) is 0.364. The molecule has 0 unspecified atom stereocenters. The normalized spacial score (nSPS) is 12.4. The van der Waals surface area contributed by atoms with E-state index in [1.165, 1.54) is 0 Å². The van der Waals surface area contributed by atoms with E-state index in [1.54, 1.807) is 11.3 Å². The minimum atomic E-state index is -0.439. The van der Waals surface area contributed by atoms with Crippen molar-refractivity contribution in [1.29, 1.82) is 0 Å². The minimum Gasteiger partial charge on any atom is -0.373 e. The molecule has 7 heteroatoms. The molecule has 0 aliphatic carbocycles. The average Bonchev–Trinajstić information content (AvgIpc) is 2.84. The standard InChI is InChI=1S/C11H13N3O3S/c1-5(10-6(2)18-7(3)13-10)12-11(16)8-4-9(15)14-17-8/h4-5H,1-3H3,(H,12,16)(H,14,15)/t5-/m0/s1. The molecule has 2 heterocycles. The first-order valence-electron chi connectivity index (χ1n) is 5.40. The highest BCUT2D eigenvalue weighted by Crippen LogP contribution is 2.22. The van der Waals surface area contributed by atoms with Gasteiger partial charge in [0.25, 0.3) is 11.5 Å². The van der Waals surface area contributed by atoms with Crippen molar-refractivity contribution in [1.82, 2.24) is 15.5 Å². The van der Waals surface area contributed by atoms with Crippen molar-refractivity contribution in [3.63, 3.8) is 0 Å². The Morgan fingerprint density at radius 2 is 2.28 bits per heavy atom. The van der Waals surface area contributed by atoms with Gasteiger partial charge in [-0.3, -0.25) is 9.59 Å². The number of nitrogens with one attached hydrogen (secondary N) is 2. The van der Waals surface area contributed by atoms with E-state index in [4.69, 9.17) is 4.52 Å². The van der Waals surface area contributed by atoms with Crippen molar-refractivity contribution in [2.45, 2.75) is 26.8 Å². The molecule has 0 radical (unpaired) electrons. The lowest BCUT2D eigenvalue weighted by Crippen LogP contribution is -2.27. The van der Waals surface area contributed by atoms with Gasteiger partial charge in [-0.05, 0) is 20.8 Å². The van der Waals surface area contributed by atoms with Gasteiger partial charge in [-0.2, -0.15) is 5.16 Å². The van der Waals surface area contributed by atoms with Crippen LogP contribution in [0.4, 0.5) is 0 Å². The van der Waals surface area contributed by atoms with Gasteiger partial charge in [0.15, 0.2) is 0 Å². The van der Waals surface area contributed by atoms with Crippen LogP contribution in [0.15, 0.2) is 15.4 Å². The summed E-state index contributed by atoms with van der Waals surface area (Å²) in [7, 11) is 0. The molecule has 0 aliphatic rings. The first-order chi connectivity index (χ1) is 8.47. The molecule has 0 aromatic carbocycles. The number of thiazole rings is 1. The summed E-state index contributed by atoms with van der Waals surface area (Å²) in [5.41, 5.74) is 0.400. The van der Waals surface area contributed by atoms with Crippen LogP contribution in [0.5, 0.6) is 0 Å². The van der Waals surface area contributed by atoms with Crippen molar-refractivity contribution in [2.24, 2.45) is 0 Å². The van der Waals surface area contributed by atoms with Crippen LogP contribution in [0, 0.1) is 13.8 Å². The highest BCUT2D eigenvalue weighted by molar-refractivity contribution is 7.11. The Kier molecular flexibility index (Phi) is 3.33. The number of aromatic nitrogens is 2. The summed E-state index contributed by atoms with van der Waals surface area (Å²) in [6.45, 7) is 5.71. The third-order valence-electron chi connectivity index (χ3n) is 2.44. The summed E-state index contributed by atoms with van der Waals surface area (Å²) in [6, 6.07) is 0.879. The number of carbonyl (C=O) groups excluding carboxylic acids is 1. The van der Waals surface area contributed by atoms with E-state index >= 15 is 0 Å². The molecule has 2 aromatic rings. The van der Waals surface area contributed by atoms with Crippen molar-refractivity contribution < 1.29 is 9.32 Å². The maximum atomic E-state index is 11.8.